The first-order chi connectivity index (χ1) is 11.8. The molecule has 0 spiro atoms. The summed E-state index contributed by atoms with van der Waals surface area (Å²) in [6.45, 7) is 1.88. The summed E-state index contributed by atoms with van der Waals surface area (Å²) >= 11 is 0. The van der Waals surface area contributed by atoms with Gasteiger partial charge in [0.05, 0.1) is 6.04 Å². The Morgan fingerprint density at radius 3 is 3.00 bits per heavy atom. The first-order valence-electron chi connectivity index (χ1n) is 8.27. The highest BCUT2D eigenvalue weighted by Gasteiger charge is 2.33. The SMILES string of the molecule is CN(c1ncnc2c1CCC2)C1CN(c2ccc3nncn3n2)C1. The number of likely N-dealkylation sites (N-methyl/N-ethyl adjacent to an activating group) is 1. The van der Waals surface area contributed by atoms with Crippen LogP contribution in [0.3, 0.4) is 0 Å². The lowest BCUT2D eigenvalue weighted by atomic mass is 10.1. The molecule has 0 saturated carbocycles. The standard InChI is InChI=1S/C16H18N8/c1-22(16-12-3-2-4-13(12)17-9-18-16)11-7-23(8-11)15-6-5-14-20-19-10-24(14)21-15/h5-6,9-11H,2-4,7-8H2,1H3. The second-order valence-corrected chi connectivity index (χ2v) is 6.47. The van der Waals surface area contributed by atoms with Crippen LogP contribution in [0.5, 0.6) is 0 Å². The van der Waals surface area contributed by atoms with Crippen molar-refractivity contribution in [3.63, 3.8) is 0 Å². The molecule has 8 heteroatoms. The number of rotatable bonds is 3. The summed E-state index contributed by atoms with van der Waals surface area (Å²) in [5, 5.41) is 12.4. The van der Waals surface area contributed by atoms with E-state index < -0.39 is 0 Å². The summed E-state index contributed by atoms with van der Waals surface area (Å²) in [4.78, 5) is 13.5. The molecule has 0 amide bonds. The van der Waals surface area contributed by atoms with Gasteiger partial charge in [-0.25, -0.2) is 9.97 Å². The highest BCUT2D eigenvalue weighted by molar-refractivity contribution is 5.54. The van der Waals surface area contributed by atoms with E-state index in [2.05, 4.69) is 42.1 Å². The number of hydrogen-bond acceptors (Lipinski definition) is 7. The van der Waals surface area contributed by atoms with E-state index in [1.54, 1.807) is 17.2 Å². The Bertz CT molecular complexity index is 898. The van der Waals surface area contributed by atoms with Crippen molar-refractivity contribution in [2.24, 2.45) is 0 Å². The van der Waals surface area contributed by atoms with Crippen molar-refractivity contribution in [2.75, 3.05) is 29.9 Å². The maximum Gasteiger partial charge on any atom is 0.177 e. The van der Waals surface area contributed by atoms with Crippen molar-refractivity contribution < 1.29 is 0 Å². The number of hydrogen-bond donors (Lipinski definition) is 0. The molecule has 122 valence electrons. The highest BCUT2D eigenvalue weighted by atomic mass is 15.4. The molecular weight excluding hydrogens is 304 g/mol. The van der Waals surface area contributed by atoms with Crippen molar-refractivity contribution in [2.45, 2.75) is 25.3 Å². The normalized spacial score (nSPS) is 17.1. The van der Waals surface area contributed by atoms with Crippen molar-refractivity contribution in [1.29, 1.82) is 0 Å². The minimum absolute atomic E-state index is 0.447. The van der Waals surface area contributed by atoms with Crippen LogP contribution in [-0.2, 0) is 12.8 Å². The molecule has 3 aromatic heterocycles. The Hall–Kier alpha value is -2.77. The van der Waals surface area contributed by atoms with E-state index in [0.717, 1.165) is 43.2 Å². The van der Waals surface area contributed by atoms with Gasteiger partial charge in [-0.3, -0.25) is 0 Å². The Labute approximate surface area is 139 Å². The van der Waals surface area contributed by atoms with E-state index in [0.29, 0.717) is 6.04 Å². The van der Waals surface area contributed by atoms with E-state index in [1.165, 1.54) is 17.7 Å². The van der Waals surface area contributed by atoms with Gasteiger partial charge < -0.3 is 9.80 Å². The second-order valence-electron chi connectivity index (χ2n) is 6.47. The number of nitrogens with zero attached hydrogens (tertiary/aromatic N) is 8. The summed E-state index contributed by atoms with van der Waals surface area (Å²) in [7, 11) is 2.14. The van der Waals surface area contributed by atoms with Crippen molar-refractivity contribution in [3.8, 4) is 0 Å². The Kier molecular flexibility index (Phi) is 2.91. The van der Waals surface area contributed by atoms with Gasteiger partial charge in [-0.2, -0.15) is 4.52 Å². The third-order valence-electron chi connectivity index (χ3n) is 5.07. The van der Waals surface area contributed by atoms with Gasteiger partial charge in [0, 0.05) is 31.4 Å². The lowest BCUT2D eigenvalue weighted by Gasteiger charge is -2.45. The molecule has 0 radical (unpaired) electrons. The van der Waals surface area contributed by atoms with E-state index in [4.69, 9.17) is 0 Å². The van der Waals surface area contributed by atoms with Gasteiger partial charge in [-0.05, 0) is 31.4 Å². The fraction of sp³-hybridized carbons (Fsp3) is 0.438. The number of aromatic nitrogens is 6. The summed E-state index contributed by atoms with van der Waals surface area (Å²) in [5.41, 5.74) is 3.33. The molecule has 24 heavy (non-hydrogen) atoms. The van der Waals surface area contributed by atoms with Crippen LogP contribution < -0.4 is 9.80 Å². The van der Waals surface area contributed by atoms with Crippen molar-refractivity contribution in [3.05, 3.63) is 36.0 Å². The maximum atomic E-state index is 4.56. The van der Waals surface area contributed by atoms with Crippen LogP contribution in [0.1, 0.15) is 17.7 Å². The molecule has 0 unspecified atom stereocenters. The quantitative estimate of drug-likeness (QED) is 0.703. The zero-order valence-corrected chi connectivity index (χ0v) is 13.5. The second kappa shape index (κ2) is 5.12. The summed E-state index contributed by atoms with van der Waals surface area (Å²) in [6.07, 6.45) is 6.70. The number of anilines is 2. The average Bonchev–Trinajstić information content (AvgIpc) is 3.21. The van der Waals surface area contributed by atoms with E-state index >= 15 is 0 Å². The Morgan fingerprint density at radius 1 is 1.17 bits per heavy atom. The van der Waals surface area contributed by atoms with Crippen LogP contribution in [-0.4, -0.2) is 56.0 Å². The Morgan fingerprint density at radius 2 is 2.08 bits per heavy atom. The minimum atomic E-state index is 0.447. The van der Waals surface area contributed by atoms with Gasteiger partial charge >= 0.3 is 0 Å². The highest BCUT2D eigenvalue weighted by Crippen LogP contribution is 2.30. The van der Waals surface area contributed by atoms with Gasteiger partial charge in [0.1, 0.15) is 24.3 Å². The van der Waals surface area contributed by atoms with E-state index in [9.17, 15) is 0 Å². The van der Waals surface area contributed by atoms with Gasteiger partial charge in [0.15, 0.2) is 5.65 Å². The average molecular weight is 322 g/mol. The van der Waals surface area contributed by atoms with Gasteiger partial charge in [0.25, 0.3) is 0 Å². The smallest absolute Gasteiger partial charge is 0.177 e. The molecule has 1 saturated heterocycles. The lowest BCUT2D eigenvalue weighted by Crippen LogP contribution is -2.59. The lowest BCUT2D eigenvalue weighted by molar-refractivity contribution is 0.486. The van der Waals surface area contributed by atoms with Crippen molar-refractivity contribution in [1.82, 2.24) is 29.8 Å². The van der Waals surface area contributed by atoms with E-state index in [1.807, 2.05) is 12.1 Å². The van der Waals surface area contributed by atoms with E-state index in [-0.39, 0.29) is 0 Å². The molecule has 0 N–H and O–H groups in total. The first-order valence-corrected chi connectivity index (χ1v) is 8.27. The first kappa shape index (κ1) is 13.6. The number of fused-ring (bicyclic) bond motifs is 2. The van der Waals surface area contributed by atoms with Crippen LogP contribution in [0.2, 0.25) is 0 Å². The topological polar surface area (TPSA) is 75.3 Å². The molecule has 5 rings (SSSR count). The van der Waals surface area contributed by atoms with Gasteiger partial charge in [-0.15, -0.1) is 15.3 Å². The molecular formula is C16H18N8. The summed E-state index contributed by atoms with van der Waals surface area (Å²) in [6, 6.07) is 4.40. The fourth-order valence-electron chi connectivity index (χ4n) is 3.59. The summed E-state index contributed by atoms with van der Waals surface area (Å²) < 4.78 is 1.71. The monoisotopic (exact) mass is 322 g/mol. The predicted molar refractivity (Wildman–Crippen MR) is 89.2 cm³/mol. The zero-order valence-electron chi connectivity index (χ0n) is 13.5. The minimum Gasteiger partial charge on any atom is -0.353 e. The molecule has 0 bridgehead atoms. The summed E-state index contributed by atoms with van der Waals surface area (Å²) in [5.74, 6) is 2.06. The molecule has 4 heterocycles. The Balaban J connectivity index is 1.33. The fourth-order valence-corrected chi connectivity index (χ4v) is 3.59. The molecule has 1 aliphatic carbocycles. The molecule has 1 aliphatic heterocycles. The third kappa shape index (κ3) is 2.02. The molecule has 0 aromatic carbocycles. The van der Waals surface area contributed by atoms with Crippen LogP contribution in [0, 0.1) is 0 Å². The largest absolute Gasteiger partial charge is 0.353 e. The molecule has 3 aromatic rings. The van der Waals surface area contributed by atoms with Gasteiger partial charge in [-0.1, -0.05) is 0 Å². The van der Waals surface area contributed by atoms with Gasteiger partial charge in [0.2, 0.25) is 0 Å². The third-order valence-corrected chi connectivity index (χ3v) is 5.07. The van der Waals surface area contributed by atoms with Crippen molar-refractivity contribution >= 4 is 17.3 Å². The predicted octanol–water partition coefficient (Wildman–Crippen LogP) is 0.728. The molecule has 2 aliphatic rings. The maximum absolute atomic E-state index is 4.56. The van der Waals surface area contributed by atoms with Crippen LogP contribution in [0.4, 0.5) is 11.6 Å². The molecule has 0 atom stereocenters. The molecule has 1 fully saturated rings. The zero-order chi connectivity index (χ0) is 16.1. The van der Waals surface area contributed by atoms with Crippen LogP contribution >= 0.6 is 0 Å². The van der Waals surface area contributed by atoms with Crippen LogP contribution in [0.15, 0.2) is 24.8 Å². The van der Waals surface area contributed by atoms with Crippen LogP contribution in [0.25, 0.3) is 5.65 Å². The molecule has 8 nitrogen and oxygen atoms in total. The number of aryl methyl sites for hydroxylation is 1.